The number of esters is 2. The van der Waals surface area contributed by atoms with E-state index in [-0.39, 0.29) is 71.6 Å². The number of Topliss-reactive ketones (excluding diaryl/α,β-unsaturated/α-hetero) is 1. The smallest absolute Gasteiger partial charge is 0.339 e. The van der Waals surface area contributed by atoms with Gasteiger partial charge in [-0.3, -0.25) is 14.9 Å². The normalized spacial score (nSPS) is 54.5. The molecule has 486 valence electrons. The van der Waals surface area contributed by atoms with Gasteiger partial charge in [0.15, 0.2) is 17.5 Å². The summed E-state index contributed by atoms with van der Waals surface area (Å²) in [4.78, 5) is 53.1. The monoisotopic (exact) mass is 1250 g/mol. The standard InChI is InChI=1S/C79H94N2O11/c1-71-37-49-38-72-25-8-14-51(72)34-52-35-62-73-27-21-45-11-5-15-53(45)56(73)16-6-13-50(73)22-28-75(62)65-63(84)67(85)77(64(49)74(65)41-89-69(86)66(72)78(52,74)92-75)58-32-44(31-43-9-3-2-4-10-43)17-18-46(58)12-7-26-76(71,91-70(87)68-79(71,77)90-68)57-24-30-88-61(57)36-55(60(83)40-82)47-19-20-54-48(33-47)23-29-81-42-80-39-59(54)81/h2-4,6,9-10,13,23-24,29-30,35,44-51,53-56,58-60,62,64-68,80,82-83,85H,5,8,11,14-22,25-28,31-34,36-42H2,1H3. The van der Waals surface area contributed by atoms with Crippen LogP contribution in [0.2, 0.25) is 0 Å². The summed E-state index contributed by atoms with van der Waals surface area (Å²) in [6.07, 6.45) is 30.9. The zero-order valence-electron chi connectivity index (χ0n) is 53.7. The second kappa shape index (κ2) is 18.8. The first kappa shape index (κ1) is 56.6. The third-order valence-corrected chi connectivity index (χ3v) is 33.2. The molecule has 0 radical (unpaired) electrons. The molecule has 13 nitrogen and oxygen atoms in total. The van der Waals surface area contributed by atoms with Crippen molar-refractivity contribution in [2.24, 2.45) is 128 Å². The minimum atomic E-state index is -1.56. The summed E-state index contributed by atoms with van der Waals surface area (Å²) in [5, 5.41) is 42.2. The van der Waals surface area contributed by atoms with Crippen molar-refractivity contribution >= 4 is 17.7 Å². The number of rotatable bonds is 8. The number of ketones is 1. The van der Waals surface area contributed by atoms with Crippen molar-refractivity contribution in [3.8, 4) is 11.8 Å². The highest BCUT2D eigenvalue weighted by molar-refractivity contribution is 5.94. The van der Waals surface area contributed by atoms with E-state index in [1.165, 1.54) is 36.8 Å². The first-order valence-electron chi connectivity index (χ1n) is 37.2. The van der Waals surface area contributed by atoms with Crippen LogP contribution >= 0.6 is 0 Å². The van der Waals surface area contributed by atoms with Crippen molar-refractivity contribution in [2.75, 3.05) is 26.4 Å². The fourth-order valence-electron chi connectivity index (χ4n) is 30.8. The molecule has 7 spiro atoms. The molecular formula is C79H94N2O11. The van der Waals surface area contributed by atoms with E-state index in [1.54, 1.807) is 6.26 Å². The summed E-state index contributed by atoms with van der Waals surface area (Å²) in [6.45, 7) is 3.80. The Labute approximate surface area is 541 Å². The maximum Gasteiger partial charge on any atom is 0.339 e. The molecular weight excluding hydrogens is 1150 g/mol. The van der Waals surface area contributed by atoms with Crippen LogP contribution in [0.1, 0.15) is 159 Å². The maximum atomic E-state index is 18.2. The first-order valence-corrected chi connectivity index (χ1v) is 37.2. The number of carbonyl (C=O) groups excluding carboxylic acids is 3. The Morgan fingerprint density at radius 1 is 0.880 bits per heavy atom. The number of nitrogens with one attached hydrogen (secondary N) is 1. The van der Waals surface area contributed by atoms with E-state index in [1.807, 2.05) is 6.07 Å². The molecule has 13 heteroatoms. The van der Waals surface area contributed by atoms with Crippen molar-refractivity contribution < 1.29 is 53.1 Å². The van der Waals surface area contributed by atoms with Crippen LogP contribution in [0.15, 0.2) is 83.2 Å². The van der Waals surface area contributed by atoms with E-state index >= 15 is 19.5 Å². The van der Waals surface area contributed by atoms with Crippen LogP contribution in [-0.2, 0) is 51.8 Å². The first-order chi connectivity index (χ1) is 44.8. The third kappa shape index (κ3) is 6.24. The minimum absolute atomic E-state index is 0.0454. The quantitative estimate of drug-likeness (QED) is 0.0850. The molecule has 0 amide bonds. The SMILES string of the molecule is CC12CC3CC45CCCC4CC4=CC6C7(CCC8C=CCC9C%10CCCC%10CCC896)OC46C5C(=O)OCC64C7C(=O)C(O)C5(C6CC(Cc7ccccc7)CCC6C#CCC1(c1ccoc1CC(C(O)CO)C1CCC6C(C=CN7CNCC67)C1)OC(=O)C1OC152)C34. The molecule has 30 unspecified atom stereocenters. The lowest BCUT2D eigenvalue weighted by Crippen LogP contribution is -2.84. The van der Waals surface area contributed by atoms with Crippen LogP contribution < -0.4 is 5.32 Å². The molecule has 5 saturated heterocycles. The zero-order valence-corrected chi connectivity index (χ0v) is 53.7. The third-order valence-electron chi connectivity index (χ3n) is 33.2. The lowest BCUT2D eigenvalue weighted by molar-refractivity contribution is -0.315. The van der Waals surface area contributed by atoms with Crippen LogP contribution in [0.3, 0.4) is 0 Å². The zero-order chi connectivity index (χ0) is 61.5. The van der Waals surface area contributed by atoms with Gasteiger partial charge in [0.05, 0.1) is 54.9 Å². The fourth-order valence-corrected chi connectivity index (χ4v) is 30.8. The fraction of sp³-hybridized carbons (Fsp3) is 0.734. The summed E-state index contributed by atoms with van der Waals surface area (Å²) in [5.41, 5.74) is -6.08. The van der Waals surface area contributed by atoms with Gasteiger partial charge in [-0.25, -0.2) is 4.79 Å². The molecule has 2 aromatic rings. The van der Waals surface area contributed by atoms with Crippen LogP contribution in [0.5, 0.6) is 0 Å². The van der Waals surface area contributed by atoms with Crippen LogP contribution in [0.4, 0.5) is 0 Å². The predicted molar refractivity (Wildman–Crippen MR) is 336 cm³/mol. The number of aliphatic hydroxyl groups excluding tert-OH is 3. The maximum absolute atomic E-state index is 18.2. The number of allylic oxidation sites excluding steroid dienone is 3. The molecule has 1 aromatic carbocycles. The van der Waals surface area contributed by atoms with Crippen LogP contribution in [0, 0.1) is 140 Å². The second-order valence-corrected chi connectivity index (χ2v) is 35.0. The van der Waals surface area contributed by atoms with E-state index < -0.39 is 98.6 Å². The lowest BCUT2D eigenvalue weighted by atomic mass is 9.28. The number of hydrogen-bond acceptors (Lipinski definition) is 13. The Hall–Kier alpha value is -4.55. The predicted octanol–water partition coefficient (Wildman–Crippen LogP) is 10.3. The number of furan rings is 1. The summed E-state index contributed by atoms with van der Waals surface area (Å²) < 4.78 is 38.3. The Balaban J connectivity index is 0.787. The highest BCUT2D eigenvalue weighted by Gasteiger charge is 3.00. The van der Waals surface area contributed by atoms with E-state index in [0.29, 0.717) is 72.6 Å². The van der Waals surface area contributed by atoms with Crippen molar-refractivity contribution in [2.45, 2.75) is 201 Å². The van der Waals surface area contributed by atoms with Gasteiger partial charge in [-0.1, -0.05) is 92.7 Å². The molecule has 8 heterocycles. The van der Waals surface area contributed by atoms with Gasteiger partial charge in [0.25, 0.3) is 0 Å². The van der Waals surface area contributed by atoms with Crippen LogP contribution in [-0.4, -0.2) is 106 Å². The number of cyclic esters (lactones) is 1. The molecule has 9 bridgehead atoms. The largest absolute Gasteiger partial charge is 0.469 e. The summed E-state index contributed by atoms with van der Waals surface area (Å²) in [7, 11) is 0. The molecule has 92 heavy (non-hydrogen) atoms. The molecule has 21 rings (SSSR count). The number of aliphatic hydroxyl groups is 3. The second-order valence-electron chi connectivity index (χ2n) is 35.0. The highest BCUT2D eigenvalue weighted by Crippen LogP contribution is 2.92. The number of ether oxygens (including phenoxy) is 4. The Morgan fingerprint density at radius 2 is 1.78 bits per heavy atom. The molecule has 15 fully saturated rings. The number of nitrogens with zero attached hydrogens (tertiary/aromatic N) is 1. The van der Waals surface area contributed by atoms with Gasteiger partial charge < -0.3 is 43.6 Å². The Bertz CT molecular complexity index is 3680. The van der Waals surface area contributed by atoms with Gasteiger partial charge in [-0.15, -0.1) is 0 Å². The Morgan fingerprint density at radius 3 is 2.67 bits per heavy atom. The average Bonchev–Trinajstić information content (AvgIpc) is 1.40. The van der Waals surface area contributed by atoms with Gasteiger partial charge in [-0.2, -0.15) is 0 Å². The average molecular weight is 1250 g/mol. The molecule has 19 aliphatic rings. The topological polar surface area (TPSA) is 181 Å². The van der Waals surface area contributed by atoms with Crippen LogP contribution in [0.25, 0.3) is 0 Å². The van der Waals surface area contributed by atoms with E-state index in [4.69, 9.17) is 23.4 Å². The van der Waals surface area contributed by atoms with Gasteiger partial charge in [0.1, 0.15) is 29.7 Å². The molecule has 30 atom stereocenters. The van der Waals surface area contributed by atoms with Gasteiger partial charge in [0, 0.05) is 47.2 Å². The molecule has 10 saturated carbocycles. The number of benzene rings is 1. The van der Waals surface area contributed by atoms with Crippen molar-refractivity contribution in [1.82, 2.24) is 10.2 Å². The summed E-state index contributed by atoms with van der Waals surface area (Å²) in [5.74, 6) is 8.08. The molecule has 1 aromatic heterocycles. The van der Waals surface area contributed by atoms with E-state index in [2.05, 4.69) is 89.8 Å². The van der Waals surface area contributed by atoms with E-state index in [0.717, 1.165) is 109 Å². The van der Waals surface area contributed by atoms with Gasteiger partial charge >= 0.3 is 11.9 Å². The molecule has 7 aliphatic heterocycles. The number of epoxide rings is 1. The van der Waals surface area contributed by atoms with Gasteiger partial charge in [0.2, 0.25) is 0 Å². The minimum Gasteiger partial charge on any atom is -0.469 e. The number of hydrogen-bond donors (Lipinski definition) is 4. The van der Waals surface area contributed by atoms with Crippen molar-refractivity contribution in [1.29, 1.82) is 0 Å². The van der Waals surface area contributed by atoms with Crippen molar-refractivity contribution in [3.63, 3.8) is 0 Å². The summed E-state index contributed by atoms with van der Waals surface area (Å²) >= 11 is 0. The highest BCUT2D eigenvalue weighted by atomic mass is 16.7. The number of fused-ring (bicyclic) bond motifs is 6. The lowest BCUT2D eigenvalue weighted by Gasteiger charge is -2.74. The van der Waals surface area contributed by atoms with E-state index in [9.17, 15) is 10.2 Å². The molecule has 12 aliphatic carbocycles. The molecule has 4 N–H and O–H groups in total. The number of carbonyl (C=O) groups is 3. The summed E-state index contributed by atoms with van der Waals surface area (Å²) in [6, 6.07) is 13.3. The van der Waals surface area contributed by atoms with Gasteiger partial charge in [-0.05, 0) is 227 Å². The Kier molecular flexibility index (Phi) is 11.5. The van der Waals surface area contributed by atoms with Crippen molar-refractivity contribution in [3.05, 3.63) is 95.6 Å².